The minimum Gasteiger partial charge on any atom is -0.462 e. The highest BCUT2D eigenvalue weighted by molar-refractivity contribution is 5.87. The van der Waals surface area contributed by atoms with Crippen molar-refractivity contribution in [3.8, 4) is 0 Å². The monoisotopic (exact) mass is 390 g/mol. The van der Waals surface area contributed by atoms with E-state index in [-0.39, 0.29) is 41.8 Å². The molecule has 0 aromatic heterocycles. The van der Waals surface area contributed by atoms with E-state index in [0.717, 1.165) is 5.57 Å². The number of carbonyl (C=O) groups is 3. The van der Waals surface area contributed by atoms with Crippen molar-refractivity contribution in [1.29, 1.82) is 0 Å². The maximum absolute atomic E-state index is 12.5. The predicted octanol–water partition coefficient (Wildman–Crippen LogP) is 3.35. The third-order valence-electron chi connectivity index (χ3n) is 7.02. The Hall–Kier alpha value is -2.11. The van der Waals surface area contributed by atoms with Crippen LogP contribution in [0.5, 0.6) is 0 Å². The highest BCUT2D eigenvalue weighted by Crippen LogP contribution is 2.58. The number of rotatable bonds is 3. The molecule has 1 heterocycles. The van der Waals surface area contributed by atoms with Gasteiger partial charge in [-0.1, -0.05) is 31.6 Å². The lowest BCUT2D eigenvalue weighted by Gasteiger charge is -2.55. The molecule has 6 nitrogen and oxygen atoms in total. The largest absolute Gasteiger partial charge is 0.462 e. The average molecular weight is 390 g/mol. The van der Waals surface area contributed by atoms with E-state index in [1.807, 2.05) is 20.8 Å². The molecule has 1 aliphatic heterocycles. The van der Waals surface area contributed by atoms with Crippen molar-refractivity contribution in [1.82, 2.24) is 0 Å². The minimum absolute atomic E-state index is 0.0231. The van der Waals surface area contributed by atoms with Crippen LogP contribution in [-0.4, -0.2) is 36.2 Å². The summed E-state index contributed by atoms with van der Waals surface area (Å²) in [4.78, 5) is 36.7. The first-order chi connectivity index (χ1) is 13.1. The summed E-state index contributed by atoms with van der Waals surface area (Å²) < 4.78 is 17.4. The Morgan fingerprint density at radius 2 is 1.93 bits per heavy atom. The SMILES string of the molecule is C/C=C(/C)C(=O)O[C@H]1CC=C(C)[C@H]2[C@@H]3OC(=O)[C@H](C)[C@@H]3C[C@H](OC(C)=O)[C@]12C. The summed E-state index contributed by atoms with van der Waals surface area (Å²) >= 11 is 0. The smallest absolute Gasteiger partial charge is 0.333 e. The van der Waals surface area contributed by atoms with Gasteiger partial charge in [-0.05, 0) is 27.2 Å². The summed E-state index contributed by atoms with van der Waals surface area (Å²) in [5.41, 5.74) is 0.955. The van der Waals surface area contributed by atoms with Crippen molar-refractivity contribution in [2.24, 2.45) is 23.2 Å². The standard InChI is InChI=1S/C22H30O6/c1-7-11(2)20(24)27-16-9-8-12(3)18-19-15(13(4)21(25)28-19)10-17(22(16,18)6)26-14(5)23/h7-8,13,15-19H,9-10H2,1-6H3/b11-7-/t13-,15+,16+,17+,18+,19-,22+/m1/s1. The van der Waals surface area contributed by atoms with E-state index in [4.69, 9.17) is 14.2 Å². The Morgan fingerprint density at radius 1 is 1.25 bits per heavy atom. The highest BCUT2D eigenvalue weighted by Gasteiger charge is 2.64. The number of fused-ring (bicyclic) bond motifs is 3. The molecule has 0 aromatic carbocycles. The van der Waals surface area contributed by atoms with Gasteiger partial charge in [-0.25, -0.2) is 4.79 Å². The zero-order chi connectivity index (χ0) is 20.8. The molecule has 28 heavy (non-hydrogen) atoms. The highest BCUT2D eigenvalue weighted by atomic mass is 16.6. The molecule has 0 radical (unpaired) electrons. The van der Waals surface area contributed by atoms with Crippen molar-refractivity contribution in [2.75, 3.05) is 0 Å². The second-order valence-corrected chi connectivity index (χ2v) is 8.58. The molecule has 7 atom stereocenters. The average Bonchev–Trinajstić information content (AvgIpc) is 2.90. The van der Waals surface area contributed by atoms with E-state index in [1.54, 1.807) is 19.9 Å². The first-order valence-corrected chi connectivity index (χ1v) is 9.99. The number of carbonyl (C=O) groups excluding carboxylic acids is 3. The van der Waals surface area contributed by atoms with E-state index >= 15 is 0 Å². The van der Waals surface area contributed by atoms with Crippen LogP contribution >= 0.6 is 0 Å². The topological polar surface area (TPSA) is 78.9 Å². The first kappa shape index (κ1) is 20.6. The Morgan fingerprint density at radius 3 is 2.54 bits per heavy atom. The summed E-state index contributed by atoms with van der Waals surface area (Å²) in [6, 6.07) is 0. The lowest BCUT2D eigenvalue weighted by molar-refractivity contribution is -0.201. The predicted molar refractivity (Wildman–Crippen MR) is 102 cm³/mol. The number of hydrogen-bond acceptors (Lipinski definition) is 6. The van der Waals surface area contributed by atoms with Gasteiger partial charge in [0.25, 0.3) is 0 Å². The van der Waals surface area contributed by atoms with E-state index in [2.05, 4.69) is 6.08 Å². The molecule has 6 heteroatoms. The minimum atomic E-state index is -0.667. The number of esters is 3. The fourth-order valence-corrected chi connectivity index (χ4v) is 5.22. The van der Waals surface area contributed by atoms with Gasteiger partial charge in [-0.3, -0.25) is 9.59 Å². The maximum Gasteiger partial charge on any atom is 0.333 e. The second kappa shape index (κ2) is 7.37. The normalized spacial score (nSPS) is 40.0. The van der Waals surface area contributed by atoms with Gasteiger partial charge in [0.15, 0.2) is 0 Å². The van der Waals surface area contributed by atoms with Crippen LogP contribution in [0.3, 0.4) is 0 Å². The number of ether oxygens (including phenoxy) is 3. The van der Waals surface area contributed by atoms with Crippen LogP contribution in [0.25, 0.3) is 0 Å². The molecule has 0 aromatic rings. The van der Waals surface area contributed by atoms with E-state index in [0.29, 0.717) is 18.4 Å². The Bertz CT molecular complexity index is 750. The van der Waals surface area contributed by atoms with Crippen molar-refractivity contribution in [2.45, 2.75) is 72.7 Å². The van der Waals surface area contributed by atoms with Crippen molar-refractivity contribution < 1.29 is 28.6 Å². The maximum atomic E-state index is 12.5. The van der Waals surface area contributed by atoms with Gasteiger partial charge in [-0.2, -0.15) is 0 Å². The van der Waals surface area contributed by atoms with Crippen molar-refractivity contribution in [3.63, 3.8) is 0 Å². The van der Waals surface area contributed by atoms with Crippen LogP contribution in [0, 0.1) is 23.2 Å². The van der Waals surface area contributed by atoms with Gasteiger partial charge in [0, 0.05) is 30.8 Å². The molecule has 154 valence electrons. The van der Waals surface area contributed by atoms with Crippen LogP contribution in [0.2, 0.25) is 0 Å². The van der Waals surface area contributed by atoms with Crippen LogP contribution in [0.15, 0.2) is 23.3 Å². The molecule has 1 saturated heterocycles. The zero-order valence-corrected chi connectivity index (χ0v) is 17.5. The first-order valence-electron chi connectivity index (χ1n) is 9.99. The van der Waals surface area contributed by atoms with E-state index in [1.165, 1.54) is 6.92 Å². The fraction of sp³-hybridized carbons (Fsp3) is 0.682. The Labute approximate surface area is 166 Å². The van der Waals surface area contributed by atoms with Crippen molar-refractivity contribution >= 4 is 17.9 Å². The van der Waals surface area contributed by atoms with Crippen LogP contribution < -0.4 is 0 Å². The van der Waals surface area contributed by atoms with Crippen molar-refractivity contribution in [3.05, 3.63) is 23.3 Å². The summed E-state index contributed by atoms with van der Waals surface area (Å²) in [5, 5.41) is 0. The lowest BCUT2D eigenvalue weighted by Crippen LogP contribution is -2.61. The second-order valence-electron chi connectivity index (χ2n) is 8.58. The lowest BCUT2D eigenvalue weighted by atomic mass is 9.53. The van der Waals surface area contributed by atoms with Gasteiger partial charge in [0.2, 0.25) is 0 Å². The molecule has 0 N–H and O–H groups in total. The van der Waals surface area contributed by atoms with Crippen LogP contribution in [0.4, 0.5) is 0 Å². The van der Waals surface area contributed by atoms with Crippen LogP contribution in [0.1, 0.15) is 54.4 Å². The number of allylic oxidation sites excluding steroid dienone is 1. The van der Waals surface area contributed by atoms with Gasteiger partial charge in [0.05, 0.1) is 11.3 Å². The molecule has 0 unspecified atom stereocenters. The molecule has 1 saturated carbocycles. The zero-order valence-electron chi connectivity index (χ0n) is 17.5. The quantitative estimate of drug-likeness (QED) is 0.318. The van der Waals surface area contributed by atoms with Gasteiger partial charge >= 0.3 is 17.9 Å². The van der Waals surface area contributed by atoms with Gasteiger partial charge in [-0.15, -0.1) is 0 Å². The molecule has 2 fully saturated rings. The molecule has 3 aliphatic rings. The summed E-state index contributed by atoms with van der Waals surface area (Å²) in [5.74, 6) is -1.39. The van der Waals surface area contributed by atoms with Crippen LogP contribution in [-0.2, 0) is 28.6 Å². The summed E-state index contributed by atoms with van der Waals surface area (Å²) in [6.07, 6.45) is 3.62. The number of hydrogen-bond donors (Lipinski definition) is 0. The summed E-state index contributed by atoms with van der Waals surface area (Å²) in [6.45, 7) is 10.8. The van der Waals surface area contributed by atoms with Gasteiger partial charge in [0.1, 0.15) is 18.3 Å². The third-order valence-corrected chi connectivity index (χ3v) is 7.02. The molecule has 0 amide bonds. The van der Waals surface area contributed by atoms with E-state index in [9.17, 15) is 14.4 Å². The molecule has 3 rings (SSSR count). The molecular formula is C22H30O6. The third kappa shape index (κ3) is 3.16. The molecule has 0 spiro atoms. The fourth-order valence-electron chi connectivity index (χ4n) is 5.22. The Balaban J connectivity index is 2.04. The molecule has 2 aliphatic carbocycles. The molecule has 0 bridgehead atoms. The van der Waals surface area contributed by atoms with E-state index < -0.39 is 17.6 Å². The molecular weight excluding hydrogens is 360 g/mol. The summed E-state index contributed by atoms with van der Waals surface area (Å²) in [7, 11) is 0. The van der Waals surface area contributed by atoms with Gasteiger partial charge < -0.3 is 14.2 Å². The Kier molecular flexibility index (Phi) is 5.43.